The van der Waals surface area contributed by atoms with Gasteiger partial charge in [0, 0.05) is 17.6 Å². The third-order valence-electron chi connectivity index (χ3n) is 3.09. The lowest BCUT2D eigenvalue weighted by Gasteiger charge is -2.19. The van der Waals surface area contributed by atoms with Crippen molar-refractivity contribution in [2.75, 3.05) is 11.5 Å². The molecular weight excluding hydrogens is 241 g/mol. The topological polar surface area (TPSA) is 46.2 Å². The Morgan fingerprint density at radius 2 is 2.12 bits per heavy atom. The van der Waals surface area contributed by atoms with Gasteiger partial charge in [0.25, 0.3) is 0 Å². The van der Waals surface area contributed by atoms with Crippen molar-refractivity contribution >= 4 is 9.84 Å². The Bertz CT molecular complexity index is 501. The molecule has 2 atom stereocenters. The van der Waals surface area contributed by atoms with Crippen LogP contribution < -0.4 is 5.32 Å². The molecular formula is C12H16FNO2S. The van der Waals surface area contributed by atoms with Gasteiger partial charge in [0.05, 0.1) is 11.5 Å². The fourth-order valence-electron chi connectivity index (χ4n) is 2.20. The Kier molecular flexibility index (Phi) is 3.49. The van der Waals surface area contributed by atoms with Gasteiger partial charge >= 0.3 is 0 Å². The highest BCUT2D eigenvalue weighted by Crippen LogP contribution is 2.20. The molecule has 0 aromatic heterocycles. The lowest BCUT2D eigenvalue weighted by atomic mass is 10.1. The third kappa shape index (κ3) is 3.04. The Labute approximate surface area is 101 Å². The molecule has 1 saturated heterocycles. The highest BCUT2D eigenvalue weighted by Gasteiger charge is 2.29. The van der Waals surface area contributed by atoms with Crippen LogP contribution in [0.4, 0.5) is 4.39 Å². The van der Waals surface area contributed by atoms with Gasteiger partial charge in [-0.1, -0.05) is 18.2 Å². The highest BCUT2D eigenvalue weighted by atomic mass is 32.2. The maximum Gasteiger partial charge on any atom is 0.151 e. The van der Waals surface area contributed by atoms with Crippen molar-refractivity contribution in [3.05, 3.63) is 35.6 Å². The second kappa shape index (κ2) is 4.74. The van der Waals surface area contributed by atoms with E-state index in [9.17, 15) is 12.8 Å². The van der Waals surface area contributed by atoms with Crippen LogP contribution in [-0.4, -0.2) is 26.0 Å². The van der Waals surface area contributed by atoms with Gasteiger partial charge in [0.1, 0.15) is 5.82 Å². The summed E-state index contributed by atoms with van der Waals surface area (Å²) in [6.45, 7) is 1.85. The lowest BCUT2D eigenvalue weighted by molar-refractivity contribution is 0.467. The second-order valence-electron chi connectivity index (χ2n) is 4.51. The van der Waals surface area contributed by atoms with Crippen molar-refractivity contribution < 1.29 is 12.8 Å². The van der Waals surface area contributed by atoms with Crippen LogP contribution in [0.5, 0.6) is 0 Å². The first-order valence-electron chi connectivity index (χ1n) is 5.69. The molecule has 0 spiro atoms. The molecule has 1 heterocycles. The lowest BCUT2D eigenvalue weighted by Crippen LogP contribution is -2.32. The normalized spacial score (nSPS) is 24.7. The van der Waals surface area contributed by atoms with Crippen LogP contribution in [0.1, 0.15) is 24.9 Å². The Morgan fingerprint density at radius 3 is 2.71 bits per heavy atom. The first-order chi connectivity index (χ1) is 7.98. The molecule has 0 aliphatic carbocycles. The SMILES string of the molecule is C[C@@H](NC1CCS(=O)(=O)C1)c1ccccc1F. The standard InChI is InChI=1S/C12H16FNO2S/c1-9(11-4-2-3-5-12(11)13)14-10-6-7-17(15,16)8-10/h2-5,9-10,14H,6-8H2,1H3/t9-,10?/m1/s1. The molecule has 3 nitrogen and oxygen atoms in total. The molecule has 0 amide bonds. The van der Waals surface area contributed by atoms with Crippen LogP contribution in [0.15, 0.2) is 24.3 Å². The highest BCUT2D eigenvalue weighted by molar-refractivity contribution is 7.91. The summed E-state index contributed by atoms with van der Waals surface area (Å²) in [7, 11) is -2.89. The van der Waals surface area contributed by atoms with Gasteiger partial charge < -0.3 is 5.32 Å². The summed E-state index contributed by atoms with van der Waals surface area (Å²) >= 11 is 0. The fourth-order valence-corrected chi connectivity index (χ4v) is 3.88. The van der Waals surface area contributed by atoms with E-state index in [4.69, 9.17) is 0 Å². The van der Waals surface area contributed by atoms with E-state index in [-0.39, 0.29) is 29.4 Å². The molecule has 94 valence electrons. The fraction of sp³-hybridized carbons (Fsp3) is 0.500. The molecule has 1 aromatic rings. The number of benzene rings is 1. The van der Waals surface area contributed by atoms with Crippen molar-refractivity contribution in [1.29, 1.82) is 0 Å². The Balaban J connectivity index is 2.03. The van der Waals surface area contributed by atoms with Gasteiger partial charge in [-0.2, -0.15) is 0 Å². The number of hydrogen-bond acceptors (Lipinski definition) is 3. The third-order valence-corrected chi connectivity index (χ3v) is 4.86. The number of hydrogen-bond donors (Lipinski definition) is 1. The summed E-state index contributed by atoms with van der Waals surface area (Å²) in [6.07, 6.45) is 0.612. The number of rotatable bonds is 3. The maximum absolute atomic E-state index is 13.5. The Morgan fingerprint density at radius 1 is 1.41 bits per heavy atom. The van der Waals surface area contributed by atoms with Crippen LogP contribution in [0.2, 0.25) is 0 Å². The number of sulfone groups is 1. The van der Waals surface area contributed by atoms with E-state index >= 15 is 0 Å². The quantitative estimate of drug-likeness (QED) is 0.896. The van der Waals surface area contributed by atoms with E-state index in [0.29, 0.717) is 12.0 Å². The molecule has 0 radical (unpaired) electrons. The summed E-state index contributed by atoms with van der Waals surface area (Å²) in [5, 5.41) is 3.17. The molecule has 1 unspecified atom stereocenters. The molecule has 1 aromatic carbocycles. The molecule has 2 rings (SSSR count). The van der Waals surface area contributed by atoms with E-state index in [0.717, 1.165) is 0 Å². The van der Waals surface area contributed by atoms with Crippen LogP contribution in [-0.2, 0) is 9.84 Å². The van der Waals surface area contributed by atoms with E-state index in [1.807, 2.05) is 6.92 Å². The second-order valence-corrected chi connectivity index (χ2v) is 6.74. The zero-order valence-corrected chi connectivity index (χ0v) is 10.5. The van der Waals surface area contributed by atoms with E-state index in [2.05, 4.69) is 5.32 Å². The first kappa shape index (κ1) is 12.5. The zero-order chi connectivity index (χ0) is 12.5. The molecule has 1 aliphatic heterocycles. The van der Waals surface area contributed by atoms with Crippen LogP contribution in [0.25, 0.3) is 0 Å². The van der Waals surface area contributed by atoms with Crippen molar-refractivity contribution in [1.82, 2.24) is 5.32 Å². The number of nitrogens with one attached hydrogen (secondary N) is 1. The van der Waals surface area contributed by atoms with E-state index in [1.54, 1.807) is 18.2 Å². The molecule has 0 saturated carbocycles. The van der Waals surface area contributed by atoms with Crippen molar-refractivity contribution in [3.8, 4) is 0 Å². The van der Waals surface area contributed by atoms with Crippen molar-refractivity contribution in [2.45, 2.75) is 25.4 Å². The monoisotopic (exact) mass is 257 g/mol. The van der Waals surface area contributed by atoms with Gasteiger partial charge in [-0.25, -0.2) is 12.8 Å². The predicted octanol–water partition coefficient (Wildman–Crippen LogP) is 1.66. The smallest absolute Gasteiger partial charge is 0.151 e. The van der Waals surface area contributed by atoms with Crippen molar-refractivity contribution in [3.63, 3.8) is 0 Å². The molecule has 17 heavy (non-hydrogen) atoms. The summed E-state index contributed by atoms with van der Waals surface area (Å²) in [5.74, 6) is 0.133. The van der Waals surface area contributed by atoms with Gasteiger partial charge in [-0.3, -0.25) is 0 Å². The number of halogens is 1. The van der Waals surface area contributed by atoms with Gasteiger partial charge in [0.2, 0.25) is 0 Å². The molecule has 0 bridgehead atoms. The molecule has 1 N–H and O–H groups in total. The van der Waals surface area contributed by atoms with Crippen LogP contribution >= 0.6 is 0 Å². The largest absolute Gasteiger partial charge is 0.306 e. The van der Waals surface area contributed by atoms with Crippen LogP contribution in [0.3, 0.4) is 0 Å². The van der Waals surface area contributed by atoms with Crippen LogP contribution in [0, 0.1) is 5.82 Å². The first-order valence-corrected chi connectivity index (χ1v) is 7.51. The molecule has 1 fully saturated rings. The predicted molar refractivity (Wildman–Crippen MR) is 65.0 cm³/mol. The van der Waals surface area contributed by atoms with Gasteiger partial charge in [-0.15, -0.1) is 0 Å². The summed E-state index contributed by atoms with van der Waals surface area (Å²) in [4.78, 5) is 0. The zero-order valence-electron chi connectivity index (χ0n) is 9.69. The maximum atomic E-state index is 13.5. The van der Waals surface area contributed by atoms with Crippen molar-refractivity contribution in [2.24, 2.45) is 0 Å². The minimum absolute atomic E-state index is 0.0605. The summed E-state index contributed by atoms with van der Waals surface area (Å²) < 4.78 is 36.1. The molecule has 5 heteroatoms. The van der Waals surface area contributed by atoms with Gasteiger partial charge in [-0.05, 0) is 19.4 Å². The summed E-state index contributed by atoms with van der Waals surface area (Å²) in [6, 6.07) is 6.33. The van der Waals surface area contributed by atoms with Gasteiger partial charge in [0.15, 0.2) is 9.84 Å². The van der Waals surface area contributed by atoms with E-state index < -0.39 is 9.84 Å². The molecule has 1 aliphatic rings. The van der Waals surface area contributed by atoms with E-state index in [1.165, 1.54) is 6.07 Å². The minimum atomic E-state index is -2.89. The summed E-state index contributed by atoms with van der Waals surface area (Å²) in [5.41, 5.74) is 0.580. The average Bonchev–Trinajstić information content (AvgIpc) is 2.58. The average molecular weight is 257 g/mol. The Hall–Kier alpha value is -0.940. The minimum Gasteiger partial charge on any atom is -0.306 e.